The second-order valence-corrected chi connectivity index (χ2v) is 5.92. The Bertz CT molecular complexity index is 199. The quantitative estimate of drug-likeness (QED) is 0.624. The van der Waals surface area contributed by atoms with E-state index in [1.807, 2.05) is 7.05 Å². The lowest BCUT2D eigenvalue weighted by molar-refractivity contribution is -0.119. The molecule has 0 aliphatic heterocycles. The molecule has 0 fully saturated rings. The van der Waals surface area contributed by atoms with Gasteiger partial charge in [-0.05, 0) is 31.8 Å². The molecule has 0 bridgehead atoms. The molecule has 1 atom stereocenters. The first kappa shape index (κ1) is 15.4. The van der Waals surface area contributed by atoms with E-state index < -0.39 is 0 Å². The molecule has 0 radical (unpaired) electrons. The van der Waals surface area contributed by atoms with Crippen LogP contribution in [0.4, 0.5) is 0 Å². The van der Waals surface area contributed by atoms with Gasteiger partial charge >= 0.3 is 0 Å². The van der Waals surface area contributed by atoms with Crippen LogP contribution in [0.3, 0.4) is 0 Å². The summed E-state index contributed by atoms with van der Waals surface area (Å²) in [7, 11) is 4.02. The van der Waals surface area contributed by atoms with E-state index in [0.29, 0.717) is 11.5 Å². The highest BCUT2D eigenvalue weighted by molar-refractivity contribution is 5.46. The second kappa shape index (κ2) is 6.89. The number of carbonyl (C=O) groups excluding carboxylic acids is 1. The van der Waals surface area contributed by atoms with Crippen LogP contribution in [0.5, 0.6) is 0 Å². The topological polar surface area (TPSA) is 23.6 Å². The van der Waals surface area contributed by atoms with Crippen LogP contribution in [0.15, 0.2) is 0 Å². The van der Waals surface area contributed by atoms with Crippen molar-refractivity contribution in [1.29, 1.82) is 0 Å². The minimum Gasteiger partial charge on any atom is -0.345 e. The van der Waals surface area contributed by atoms with Gasteiger partial charge in [0.05, 0.1) is 0 Å². The summed E-state index contributed by atoms with van der Waals surface area (Å²) >= 11 is 0. The zero-order chi connectivity index (χ0) is 12.8. The molecule has 0 aromatic heterocycles. The van der Waals surface area contributed by atoms with Gasteiger partial charge in [0, 0.05) is 19.6 Å². The zero-order valence-corrected chi connectivity index (χ0v) is 11.8. The van der Waals surface area contributed by atoms with Crippen LogP contribution in [-0.2, 0) is 4.79 Å². The molecule has 3 nitrogen and oxygen atoms in total. The van der Waals surface area contributed by atoms with Gasteiger partial charge in [-0.15, -0.1) is 0 Å². The molecule has 0 rings (SSSR count). The van der Waals surface area contributed by atoms with Crippen molar-refractivity contribution in [3.05, 3.63) is 0 Å². The van der Waals surface area contributed by atoms with Crippen molar-refractivity contribution in [1.82, 2.24) is 9.80 Å². The van der Waals surface area contributed by atoms with Gasteiger partial charge in [0.15, 0.2) is 0 Å². The minimum absolute atomic E-state index is 0.340. The number of nitrogens with zero attached hydrogens (tertiary/aromatic N) is 2. The van der Waals surface area contributed by atoms with Gasteiger partial charge in [-0.2, -0.15) is 0 Å². The lowest BCUT2D eigenvalue weighted by Gasteiger charge is -2.29. The van der Waals surface area contributed by atoms with Gasteiger partial charge < -0.3 is 9.80 Å². The first-order valence-electron chi connectivity index (χ1n) is 6.16. The van der Waals surface area contributed by atoms with Crippen LogP contribution < -0.4 is 0 Å². The monoisotopic (exact) mass is 228 g/mol. The van der Waals surface area contributed by atoms with Gasteiger partial charge in [0.2, 0.25) is 6.41 Å². The maximum atomic E-state index is 10.7. The lowest BCUT2D eigenvalue weighted by Crippen LogP contribution is -2.36. The van der Waals surface area contributed by atoms with E-state index in [0.717, 1.165) is 32.3 Å². The number of rotatable bonds is 7. The van der Waals surface area contributed by atoms with Gasteiger partial charge in [-0.1, -0.05) is 27.7 Å². The predicted octanol–water partition coefficient (Wildman–Crippen LogP) is 2.22. The van der Waals surface area contributed by atoms with Crippen LogP contribution in [0, 0.1) is 5.41 Å². The van der Waals surface area contributed by atoms with E-state index >= 15 is 0 Å². The third kappa shape index (κ3) is 6.83. The Hall–Kier alpha value is -0.570. The molecular weight excluding hydrogens is 200 g/mol. The summed E-state index contributed by atoms with van der Waals surface area (Å²) < 4.78 is 0. The summed E-state index contributed by atoms with van der Waals surface area (Å²) in [6, 6.07) is 0.375. The summed E-state index contributed by atoms with van der Waals surface area (Å²) in [6.07, 6.45) is 3.01. The molecule has 1 amide bonds. The molecule has 0 spiro atoms. The van der Waals surface area contributed by atoms with Gasteiger partial charge in [0.1, 0.15) is 0 Å². The Kier molecular flexibility index (Phi) is 6.65. The van der Waals surface area contributed by atoms with Gasteiger partial charge in [-0.25, -0.2) is 0 Å². The zero-order valence-electron chi connectivity index (χ0n) is 11.8. The average Bonchev–Trinajstić information content (AvgIpc) is 2.15. The third-order valence-electron chi connectivity index (χ3n) is 2.80. The first-order chi connectivity index (χ1) is 7.30. The number of carbonyl (C=O) groups is 1. The molecule has 0 heterocycles. The Balaban J connectivity index is 3.97. The van der Waals surface area contributed by atoms with E-state index in [1.165, 1.54) is 0 Å². The van der Waals surface area contributed by atoms with E-state index in [2.05, 4.69) is 39.6 Å². The van der Waals surface area contributed by atoms with Crippen molar-refractivity contribution in [3.63, 3.8) is 0 Å². The highest BCUT2D eigenvalue weighted by Gasteiger charge is 2.16. The molecule has 3 heteroatoms. The molecule has 1 unspecified atom stereocenters. The van der Waals surface area contributed by atoms with Crippen molar-refractivity contribution in [3.8, 4) is 0 Å². The van der Waals surface area contributed by atoms with Gasteiger partial charge in [-0.3, -0.25) is 4.79 Å². The lowest BCUT2D eigenvalue weighted by atomic mass is 9.96. The Labute approximate surface area is 101 Å². The normalized spacial score (nSPS) is 13.9. The molecule has 0 aliphatic rings. The minimum atomic E-state index is 0.340. The fourth-order valence-corrected chi connectivity index (χ4v) is 2.04. The predicted molar refractivity (Wildman–Crippen MR) is 69.5 cm³/mol. The Morgan fingerprint density at radius 2 is 1.81 bits per heavy atom. The SMILES string of the molecule is CCC(CCN(C)CC(C)(C)C)N(C)C=O. The highest BCUT2D eigenvalue weighted by Crippen LogP contribution is 2.15. The summed E-state index contributed by atoms with van der Waals surface area (Å²) in [6.45, 7) is 11.0. The van der Waals surface area contributed by atoms with Crippen LogP contribution in [0.1, 0.15) is 40.5 Å². The fraction of sp³-hybridized carbons (Fsp3) is 0.923. The summed E-state index contributed by atoms with van der Waals surface area (Å²) in [5, 5.41) is 0. The Morgan fingerprint density at radius 1 is 1.25 bits per heavy atom. The van der Waals surface area contributed by atoms with Crippen molar-refractivity contribution >= 4 is 6.41 Å². The van der Waals surface area contributed by atoms with E-state index in [1.54, 1.807) is 4.90 Å². The number of hydrogen-bond acceptors (Lipinski definition) is 2. The van der Waals surface area contributed by atoms with E-state index in [-0.39, 0.29) is 0 Å². The third-order valence-corrected chi connectivity index (χ3v) is 2.80. The molecule has 0 saturated carbocycles. The number of amides is 1. The molecule has 0 aromatic carbocycles. The van der Waals surface area contributed by atoms with Crippen molar-refractivity contribution in [2.45, 2.75) is 46.6 Å². The maximum absolute atomic E-state index is 10.7. The largest absolute Gasteiger partial charge is 0.345 e. The van der Waals surface area contributed by atoms with Crippen LogP contribution in [0.25, 0.3) is 0 Å². The molecule has 16 heavy (non-hydrogen) atoms. The van der Waals surface area contributed by atoms with E-state index in [4.69, 9.17) is 0 Å². The maximum Gasteiger partial charge on any atom is 0.209 e. The molecule has 0 aliphatic carbocycles. The molecule has 0 saturated heterocycles. The fourth-order valence-electron chi connectivity index (χ4n) is 2.04. The smallest absolute Gasteiger partial charge is 0.209 e. The van der Waals surface area contributed by atoms with Crippen molar-refractivity contribution < 1.29 is 4.79 Å². The summed E-state index contributed by atoms with van der Waals surface area (Å²) in [5.41, 5.74) is 0.340. The van der Waals surface area contributed by atoms with Crippen LogP contribution in [0.2, 0.25) is 0 Å². The summed E-state index contributed by atoms with van der Waals surface area (Å²) in [5.74, 6) is 0. The molecule has 96 valence electrons. The van der Waals surface area contributed by atoms with Crippen molar-refractivity contribution in [2.24, 2.45) is 5.41 Å². The van der Waals surface area contributed by atoms with Crippen LogP contribution in [-0.4, -0.2) is 49.4 Å². The molecule has 0 N–H and O–H groups in total. The molecular formula is C13H28N2O. The van der Waals surface area contributed by atoms with E-state index in [9.17, 15) is 4.79 Å². The average molecular weight is 228 g/mol. The second-order valence-electron chi connectivity index (χ2n) is 5.92. The summed E-state index contributed by atoms with van der Waals surface area (Å²) in [4.78, 5) is 14.8. The standard InChI is InChI=1S/C13H28N2O/c1-7-12(15(6)11-16)8-9-14(5)10-13(2,3)4/h11-12H,7-10H2,1-6H3. The first-order valence-corrected chi connectivity index (χ1v) is 6.16. The van der Waals surface area contributed by atoms with Gasteiger partial charge in [0.25, 0.3) is 0 Å². The Morgan fingerprint density at radius 3 is 2.19 bits per heavy atom. The van der Waals surface area contributed by atoms with Crippen molar-refractivity contribution in [2.75, 3.05) is 27.2 Å². The molecule has 0 aromatic rings. The van der Waals surface area contributed by atoms with Crippen LogP contribution >= 0.6 is 0 Å². The highest BCUT2D eigenvalue weighted by atomic mass is 16.1. The number of hydrogen-bond donors (Lipinski definition) is 0.